The Balaban J connectivity index is 2.14. The van der Waals surface area contributed by atoms with Crippen molar-refractivity contribution in [2.45, 2.75) is 0 Å². The number of aromatic amines is 1. The second-order valence-electron chi connectivity index (χ2n) is 2.82. The maximum absolute atomic E-state index is 5.56. The minimum absolute atomic E-state index is 0.665. The predicted molar refractivity (Wildman–Crippen MR) is 47.4 cm³/mol. The summed E-state index contributed by atoms with van der Waals surface area (Å²) < 4.78 is 11.1. The number of aromatic nitrogens is 1. The van der Waals surface area contributed by atoms with E-state index in [4.69, 9.17) is 9.47 Å². The molecule has 0 saturated heterocycles. The number of benzene rings is 1. The highest BCUT2D eigenvalue weighted by molar-refractivity contribution is 5.51. The van der Waals surface area contributed by atoms with Crippen molar-refractivity contribution in [1.29, 1.82) is 0 Å². The molecule has 0 atom stereocenters. The second-order valence-corrected chi connectivity index (χ2v) is 2.82. The van der Waals surface area contributed by atoms with E-state index in [2.05, 4.69) is 4.98 Å². The lowest BCUT2D eigenvalue weighted by Crippen LogP contribution is -1.96. The average Bonchev–Trinajstić information content (AvgIpc) is 2.61. The maximum Gasteiger partial charge on any atom is 0.240 e. The lowest BCUT2D eigenvalue weighted by Gasteiger charge is -2.16. The van der Waals surface area contributed by atoms with Crippen molar-refractivity contribution in [2.24, 2.45) is 0 Å². The third kappa shape index (κ3) is 0.902. The van der Waals surface area contributed by atoms with Crippen LogP contribution in [-0.2, 0) is 0 Å². The van der Waals surface area contributed by atoms with Gasteiger partial charge in [0.15, 0.2) is 17.2 Å². The Bertz CT molecular complexity index is 408. The number of para-hydroxylation sites is 2. The van der Waals surface area contributed by atoms with E-state index in [0.717, 1.165) is 17.2 Å². The minimum atomic E-state index is 0.665. The van der Waals surface area contributed by atoms with E-state index in [0.29, 0.717) is 5.88 Å². The summed E-state index contributed by atoms with van der Waals surface area (Å²) in [6.07, 6.45) is 1.79. The molecule has 0 fully saturated rings. The van der Waals surface area contributed by atoms with Crippen LogP contribution in [-0.4, -0.2) is 4.98 Å². The van der Waals surface area contributed by atoms with Crippen molar-refractivity contribution in [3.63, 3.8) is 0 Å². The van der Waals surface area contributed by atoms with Gasteiger partial charge in [-0.05, 0) is 12.1 Å². The largest absolute Gasteiger partial charge is 0.448 e. The van der Waals surface area contributed by atoms with Gasteiger partial charge in [0.2, 0.25) is 5.88 Å². The Kier molecular flexibility index (Phi) is 1.16. The Morgan fingerprint density at radius 2 is 1.62 bits per heavy atom. The highest BCUT2D eigenvalue weighted by Crippen LogP contribution is 2.43. The summed E-state index contributed by atoms with van der Waals surface area (Å²) >= 11 is 0. The molecular weight excluding hydrogens is 166 g/mol. The standard InChI is InChI=1S/C10H7NO2/c1-2-4-8-7(3-1)12-9-5-6-11-10(9)13-8/h1-6,11H. The van der Waals surface area contributed by atoms with Crippen molar-refractivity contribution < 1.29 is 9.47 Å². The molecule has 1 aromatic heterocycles. The van der Waals surface area contributed by atoms with Crippen LogP contribution in [0.4, 0.5) is 0 Å². The highest BCUT2D eigenvalue weighted by atomic mass is 16.6. The normalized spacial score (nSPS) is 12.3. The van der Waals surface area contributed by atoms with Gasteiger partial charge in [0.1, 0.15) is 0 Å². The number of rotatable bonds is 0. The first-order valence-corrected chi connectivity index (χ1v) is 4.05. The molecule has 1 aliphatic rings. The van der Waals surface area contributed by atoms with E-state index in [1.54, 1.807) is 6.20 Å². The first kappa shape index (κ1) is 6.60. The van der Waals surface area contributed by atoms with Crippen LogP contribution in [0.1, 0.15) is 0 Å². The van der Waals surface area contributed by atoms with Gasteiger partial charge >= 0.3 is 0 Å². The molecule has 0 aliphatic carbocycles. The quantitative estimate of drug-likeness (QED) is 0.567. The molecule has 0 bridgehead atoms. The van der Waals surface area contributed by atoms with Crippen molar-refractivity contribution in [3.8, 4) is 23.1 Å². The molecule has 13 heavy (non-hydrogen) atoms. The molecule has 1 aliphatic heterocycles. The Labute approximate surface area is 74.9 Å². The summed E-state index contributed by atoms with van der Waals surface area (Å²) in [6.45, 7) is 0. The van der Waals surface area contributed by atoms with Gasteiger partial charge in [0, 0.05) is 12.3 Å². The van der Waals surface area contributed by atoms with Crippen molar-refractivity contribution in [3.05, 3.63) is 36.5 Å². The van der Waals surface area contributed by atoms with Crippen LogP contribution >= 0.6 is 0 Å². The molecular formula is C10H7NO2. The van der Waals surface area contributed by atoms with Crippen LogP contribution < -0.4 is 9.47 Å². The highest BCUT2D eigenvalue weighted by Gasteiger charge is 2.18. The van der Waals surface area contributed by atoms with E-state index in [-0.39, 0.29) is 0 Å². The summed E-state index contributed by atoms with van der Waals surface area (Å²) in [4.78, 5) is 2.95. The van der Waals surface area contributed by atoms with Gasteiger partial charge in [-0.1, -0.05) is 12.1 Å². The van der Waals surface area contributed by atoms with Crippen LogP contribution in [0.5, 0.6) is 23.1 Å². The second kappa shape index (κ2) is 2.29. The number of nitrogens with one attached hydrogen (secondary N) is 1. The summed E-state index contributed by atoms with van der Waals surface area (Å²) in [5.74, 6) is 2.91. The number of ether oxygens (including phenoxy) is 2. The van der Waals surface area contributed by atoms with Gasteiger partial charge in [0.25, 0.3) is 0 Å². The van der Waals surface area contributed by atoms with Gasteiger partial charge < -0.3 is 14.5 Å². The van der Waals surface area contributed by atoms with Crippen molar-refractivity contribution >= 4 is 0 Å². The zero-order chi connectivity index (χ0) is 8.67. The molecule has 64 valence electrons. The molecule has 0 spiro atoms. The Morgan fingerprint density at radius 3 is 2.46 bits per heavy atom. The lowest BCUT2D eigenvalue weighted by atomic mass is 10.3. The number of hydrogen-bond acceptors (Lipinski definition) is 2. The molecule has 3 nitrogen and oxygen atoms in total. The first-order chi connectivity index (χ1) is 6.43. The van der Waals surface area contributed by atoms with E-state index in [1.807, 2.05) is 30.3 Å². The average molecular weight is 173 g/mol. The molecule has 3 heteroatoms. The molecule has 0 saturated carbocycles. The molecule has 0 radical (unpaired) electrons. The third-order valence-corrected chi connectivity index (χ3v) is 1.95. The van der Waals surface area contributed by atoms with Crippen molar-refractivity contribution in [2.75, 3.05) is 0 Å². The maximum atomic E-state index is 5.56. The molecule has 2 aromatic rings. The summed E-state index contributed by atoms with van der Waals surface area (Å²) in [5, 5.41) is 0. The number of hydrogen-bond donors (Lipinski definition) is 1. The Hall–Kier alpha value is -1.90. The number of H-pyrrole nitrogens is 1. The fourth-order valence-electron chi connectivity index (χ4n) is 1.35. The van der Waals surface area contributed by atoms with Crippen LogP contribution in [0.3, 0.4) is 0 Å². The van der Waals surface area contributed by atoms with Crippen molar-refractivity contribution in [1.82, 2.24) is 4.98 Å². The smallest absolute Gasteiger partial charge is 0.240 e. The zero-order valence-electron chi connectivity index (χ0n) is 6.78. The van der Waals surface area contributed by atoms with Gasteiger partial charge in [-0.25, -0.2) is 0 Å². The monoisotopic (exact) mass is 173 g/mol. The van der Waals surface area contributed by atoms with Gasteiger partial charge in [0.05, 0.1) is 0 Å². The minimum Gasteiger partial charge on any atom is -0.448 e. The van der Waals surface area contributed by atoms with E-state index >= 15 is 0 Å². The van der Waals surface area contributed by atoms with Gasteiger partial charge in [-0.15, -0.1) is 0 Å². The molecule has 2 heterocycles. The Morgan fingerprint density at radius 1 is 0.846 bits per heavy atom. The lowest BCUT2D eigenvalue weighted by molar-refractivity contribution is 0.353. The molecule has 3 rings (SSSR count). The summed E-state index contributed by atoms with van der Waals surface area (Å²) in [7, 11) is 0. The SMILES string of the molecule is c1ccc2c(c1)Oc1cc[nH]c1O2. The first-order valence-electron chi connectivity index (χ1n) is 4.05. The van der Waals surface area contributed by atoms with Gasteiger partial charge in [-0.2, -0.15) is 0 Å². The van der Waals surface area contributed by atoms with E-state index in [1.165, 1.54) is 0 Å². The fourth-order valence-corrected chi connectivity index (χ4v) is 1.35. The van der Waals surface area contributed by atoms with Gasteiger partial charge in [-0.3, -0.25) is 0 Å². The summed E-state index contributed by atoms with van der Waals surface area (Å²) in [6, 6.07) is 9.42. The van der Waals surface area contributed by atoms with E-state index in [9.17, 15) is 0 Å². The number of fused-ring (bicyclic) bond motifs is 2. The van der Waals surface area contributed by atoms with Crippen LogP contribution in [0, 0.1) is 0 Å². The molecule has 0 amide bonds. The van der Waals surface area contributed by atoms with Crippen LogP contribution in [0.25, 0.3) is 0 Å². The van der Waals surface area contributed by atoms with E-state index < -0.39 is 0 Å². The topological polar surface area (TPSA) is 34.2 Å². The van der Waals surface area contributed by atoms with Crippen LogP contribution in [0.2, 0.25) is 0 Å². The zero-order valence-corrected chi connectivity index (χ0v) is 6.78. The molecule has 1 aromatic carbocycles. The molecule has 0 unspecified atom stereocenters. The fraction of sp³-hybridized carbons (Fsp3) is 0. The summed E-state index contributed by atoms with van der Waals surface area (Å²) in [5.41, 5.74) is 0. The molecule has 1 N–H and O–H groups in total. The third-order valence-electron chi connectivity index (χ3n) is 1.95. The van der Waals surface area contributed by atoms with Crippen LogP contribution in [0.15, 0.2) is 36.5 Å². The predicted octanol–water partition coefficient (Wildman–Crippen LogP) is 2.91.